The van der Waals surface area contributed by atoms with Crippen molar-refractivity contribution in [2.75, 3.05) is 13.1 Å². The third-order valence-corrected chi connectivity index (χ3v) is 2.51. The van der Waals surface area contributed by atoms with E-state index in [1.165, 1.54) is 0 Å². The van der Waals surface area contributed by atoms with Crippen molar-refractivity contribution >= 4 is 23.9 Å². The first kappa shape index (κ1) is 12.0. The van der Waals surface area contributed by atoms with Crippen LogP contribution in [0.25, 0.3) is 0 Å². The van der Waals surface area contributed by atoms with Crippen LogP contribution < -0.4 is 21.3 Å². The van der Waals surface area contributed by atoms with Gasteiger partial charge in [-0.2, -0.15) is 0 Å². The average Bonchev–Trinajstić information content (AvgIpc) is 2.74. The number of rotatable bonds is 4. The van der Waals surface area contributed by atoms with Gasteiger partial charge in [-0.05, 0) is 0 Å². The monoisotopic (exact) mass is 257 g/mol. The normalized spacial score (nSPS) is 25.0. The molecule has 2 rings (SSSR count). The molecule has 0 saturated carbocycles. The van der Waals surface area contributed by atoms with Crippen molar-refractivity contribution in [1.82, 2.24) is 26.2 Å². The van der Waals surface area contributed by atoms with Gasteiger partial charge in [-0.1, -0.05) is 0 Å². The van der Waals surface area contributed by atoms with Crippen molar-refractivity contribution in [3.05, 3.63) is 0 Å². The summed E-state index contributed by atoms with van der Waals surface area (Å²) in [4.78, 5) is 45.3. The van der Waals surface area contributed by atoms with E-state index >= 15 is 0 Å². The second-order valence-electron chi connectivity index (χ2n) is 3.79. The molecule has 0 aromatic carbocycles. The molecule has 2 saturated heterocycles. The number of hydrogen-bond donors (Lipinski definition) is 5. The third-order valence-electron chi connectivity index (χ3n) is 2.51. The number of amides is 5. The fraction of sp³-hybridized carbons (Fsp3) is 0.500. The summed E-state index contributed by atoms with van der Waals surface area (Å²) in [7, 11) is 0. The van der Waals surface area contributed by atoms with Gasteiger partial charge in [0.15, 0.2) is 0 Å². The molecular weight excluding hydrogens is 246 g/mol. The topological polar surface area (TPSA) is 140 Å². The molecule has 0 radical (unpaired) electrons. The Hall–Kier alpha value is -2.52. The van der Waals surface area contributed by atoms with Gasteiger partial charge in [-0.3, -0.25) is 14.5 Å². The first-order valence-electron chi connectivity index (χ1n) is 5.10. The molecule has 2 aliphatic rings. The summed E-state index contributed by atoms with van der Waals surface area (Å²) in [5.41, 5.74) is 0. The van der Waals surface area contributed by atoms with Crippen LogP contribution in [0.3, 0.4) is 0 Å². The molecule has 0 aromatic rings. The molecule has 2 atom stereocenters. The molecule has 0 bridgehead atoms. The van der Waals surface area contributed by atoms with E-state index in [0.717, 1.165) is 4.90 Å². The zero-order chi connectivity index (χ0) is 13.3. The quantitative estimate of drug-likeness (QED) is 0.369. The van der Waals surface area contributed by atoms with Crippen LogP contribution in [0.2, 0.25) is 0 Å². The lowest BCUT2D eigenvalue weighted by atomic mass is 10.4. The Morgan fingerprint density at radius 2 is 2.00 bits per heavy atom. The van der Waals surface area contributed by atoms with Gasteiger partial charge < -0.3 is 26.4 Å². The lowest BCUT2D eigenvalue weighted by Crippen LogP contribution is -2.48. The minimum Gasteiger partial charge on any atom is -0.480 e. The number of urea groups is 2. The van der Waals surface area contributed by atoms with Crippen LogP contribution in [0.4, 0.5) is 9.59 Å². The van der Waals surface area contributed by atoms with Gasteiger partial charge in [-0.15, -0.1) is 0 Å². The summed E-state index contributed by atoms with van der Waals surface area (Å²) in [6.07, 6.45) is -1.24. The summed E-state index contributed by atoms with van der Waals surface area (Å²) in [6, 6.07) is -0.955. The second kappa shape index (κ2) is 4.39. The van der Waals surface area contributed by atoms with Gasteiger partial charge in [-0.25, -0.2) is 9.59 Å². The van der Waals surface area contributed by atoms with Crippen molar-refractivity contribution in [3.63, 3.8) is 0 Å². The molecule has 0 unspecified atom stereocenters. The molecule has 5 N–H and O–H groups in total. The number of carbonyl (C=O) groups excluding carboxylic acids is 3. The SMILES string of the molecule is O=C(O)CNC(=O)CN1C(=O)N[C@@H]2NC(=O)N[C@H]21. The van der Waals surface area contributed by atoms with E-state index in [1.54, 1.807) is 0 Å². The van der Waals surface area contributed by atoms with Crippen molar-refractivity contribution in [2.45, 2.75) is 12.3 Å². The molecule has 0 spiro atoms. The number of carboxylic acid groups (broad SMARTS) is 1. The maximum Gasteiger partial charge on any atom is 0.322 e. The molecule has 0 aliphatic carbocycles. The minimum atomic E-state index is -1.18. The second-order valence-corrected chi connectivity index (χ2v) is 3.79. The van der Waals surface area contributed by atoms with Crippen LogP contribution in [-0.2, 0) is 9.59 Å². The third kappa shape index (κ3) is 2.26. The van der Waals surface area contributed by atoms with Gasteiger partial charge >= 0.3 is 18.0 Å². The zero-order valence-corrected chi connectivity index (χ0v) is 9.10. The first-order valence-corrected chi connectivity index (χ1v) is 5.10. The molecule has 2 heterocycles. The lowest BCUT2D eigenvalue weighted by molar-refractivity contribution is -0.138. The molecule has 5 amide bonds. The summed E-state index contributed by atoms with van der Waals surface area (Å²) in [6.45, 7) is -0.852. The van der Waals surface area contributed by atoms with Gasteiger partial charge in [0, 0.05) is 0 Å². The Bertz CT molecular complexity index is 424. The average molecular weight is 257 g/mol. The maximum atomic E-state index is 11.5. The molecule has 0 aromatic heterocycles. The number of carbonyl (C=O) groups is 4. The van der Waals surface area contributed by atoms with Crippen LogP contribution >= 0.6 is 0 Å². The molecule has 10 nitrogen and oxygen atoms in total. The molecule has 2 aliphatic heterocycles. The van der Waals surface area contributed by atoms with E-state index in [-0.39, 0.29) is 6.54 Å². The Morgan fingerprint density at radius 1 is 1.28 bits per heavy atom. The van der Waals surface area contributed by atoms with Crippen LogP contribution in [0.15, 0.2) is 0 Å². The Balaban J connectivity index is 1.92. The van der Waals surface area contributed by atoms with Crippen molar-refractivity contribution < 1.29 is 24.3 Å². The Kier molecular flexibility index (Phi) is 2.92. The number of fused-ring (bicyclic) bond motifs is 1. The Labute approximate surface area is 101 Å². The maximum absolute atomic E-state index is 11.5. The van der Waals surface area contributed by atoms with Crippen LogP contribution in [-0.4, -0.2) is 59.4 Å². The highest BCUT2D eigenvalue weighted by atomic mass is 16.4. The van der Waals surface area contributed by atoms with Crippen molar-refractivity contribution in [1.29, 1.82) is 0 Å². The van der Waals surface area contributed by atoms with E-state index < -0.39 is 42.8 Å². The number of nitrogens with one attached hydrogen (secondary N) is 4. The fourth-order valence-corrected chi connectivity index (χ4v) is 1.75. The van der Waals surface area contributed by atoms with Gasteiger partial charge in [0.1, 0.15) is 25.4 Å². The molecule has 10 heteroatoms. The predicted molar refractivity (Wildman–Crippen MR) is 55.1 cm³/mol. The summed E-state index contributed by atoms with van der Waals surface area (Å²) >= 11 is 0. The number of aliphatic carboxylic acids is 1. The van der Waals surface area contributed by atoms with E-state index in [2.05, 4.69) is 21.3 Å². The van der Waals surface area contributed by atoms with Crippen LogP contribution in [0.5, 0.6) is 0 Å². The number of nitrogens with zero attached hydrogens (tertiary/aromatic N) is 1. The molecular formula is C8H11N5O5. The highest BCUT2D eigenvalue weighted by Gasteiger charge is 2.45. The summed E-state index contributed by atoms with van der Waals surface area (Å²) in [5, 5.41) is 17.9. The van der Waals surface area contributed by atoms with E-state index in [4.69, 9.17) is 5.11 Å². The van der Waals surface area contributed by atoms with E-state index in [1.807, 2.05) is 0 Å². The van der Waals surface area contributed by atoms with Crippen molar-refractivity contribution in [3.8, 4) is 0 Å². The van der Waals surface area contributed by atoms with Crippen LogP contribution in [0.1, 0.15) is 0 Å². The molecule has 18 heavy (non-hydrogen) atoms. The van der Waals surface area contributed by atoms with Crippen LogP contribution in [0, 0.1) is 0 Å². The number of carboxylic acids is 1. The molecule has 2 fully saturated rings. The van der Waals surface area contributed by atoms with Gasteiger partial charge in [0.25, 0.3) is 0 Å². The number of hydrogen-bond acceptors (Lipinski definition) is 4. The minimum absolute atomic E-state index is 0.331. The predicted octanol–water partition coefficient (Wildman–Crippen LogP) is -2.82. The fourth-order valence-electron chi connectivity index (χ4n) is 1.75. The van der Waals surface area contributed by atoms with Gasteiger partial charge in [0.05, 0.1) is 0 Å². The highest BCUT2D eigenvalue weighted by molar-refractivity contribution is 5.89. The summed E-state index contributed by atoms with van der Waals surface area (Å²) in [5.74, 6) is -1.79. The van der Waals surface area contributed by atoms with E-state index in [0.29, 0.717) is 0 Å². The highest BCUT2D eigenvalue weighted by Crippen LogP contribution is 2.12. The first-order chi connectivity index (χ1) is 8.47. The smallest absolute Gasteiger partial charge is 0.322 e. The standard InChI is InChI=1S/C8H11N5O5/c14-3(9-1-4(15)16)2-13-6-5(11-8(13)18)10-7(17)12-6/h5-6H,1-2H2,(H,9,14)(H,11,18)(H,15,16)(H2,10,12,17)/t5-,6-/m0/s1. The lowest BCUT2D eigenvalue weighted by Gasteiger charge is -2.20. The largest absolute Gasteiger partial charge is 0.480 e. The van der Waals surface area contributed by atoms with Gasteiger partial charge in [0.2, 0.25) is 5.91 Å². The molecule has 98 valence electrons. The summed E-state index contributed by atoms with van der Waals surface area (Å²) < 4.78 is 0. The van der Waals surface area contributed by atoms with Crippen molar-refractivity contribution in [2.24, 2.45) is 0 Å². The zero-order valence-electron chi connectivity index (χ0n) is 9.10. The van der Waals surface area contributed by atoms with E-state index in [9.17, 15) is 19.2 Å². The Morgan fingerprint density at radius 3 is 2.67 bits per heavy atom.